The minimum atomic E-state index is -4.43. The van der Waals surface area contributed by atoms with Crippen LogP contribution in [0, 0.1) is 0 Å². The van der Waals surface area contributed by atoms with Crippen molar-refractivity contribution in [3.8, 4) is 0 Å². The Bertz CT molecular complexity index is 1070. The minimum absolute atomic E-state index is 0.243. The largest absolute Gasteiger partial charge is 0.416 e. The van der Waals surface area contributed by atoms with Crippen LogP contribution in [0.3, 0.4) is 0 Å². The Morgan fingerprint density at radius 2 is 2.11 bits per heavy atom. The van der Waals surface area contributed by atoms with E-state index in [1.807, 2.05) is 13.8 Å². The zero-order chi connectivity index (χ0) is 20.1. The molecule has 3 aromatic rings. The maximum Gasteiger partial charge on any atom is 0.416 e. The van der Waals surface area contributed by atoms with Gasteiger partial charge >= 0.3 is 6.18 Å². The average Bonchev–Trinajstić information content (AvgIpc) is 3.09. The molecule has 1 unspecified atom stereocenters. The molecule has 1 aromatic carbocycles. The number of H-pyrrole nitrogens is 2. The highest BCUT2D eigenvalue weighted by Crippen LogP contribution is 2.35. The Morgan fingerprint density at radius 1 is 1.32 bits per heavy atom. The van der Waals surface area contributed by atoms with Crippen LogP contribution in [0.25, 0.3) is 11.0 Å². The molecule has 0 radical (unpaired) electrons. The number of nitrogens with zero attached hydrogens (tertiary/aromatic N) is 3. The van der Waals surface area contributed by atoms with Crippen molar-refractivity contribution < 1.29 is 17.9 Å². The van der Waals surface area contributed by atoms with E-state index in [1.54, 1.807) is 11.0 Å². The Labute approximate surface area is 157 Å². The van der Waals surface area contributed by atoms with Gasteiger partial charge in [0.15, 0.2) is 5.65 Å². The standard InChI is InChI=1S/C18H18F3N5O2/c1-17(2)9-26(16-23-14-12(7-22-25-14)15(27)24-16)8-13(28-17)10-4-3-5-11(6-10)18(19,20)21/h3-7,13H,8-9H2,1-2H3,(H2,22,23,24,25,27). The Morgan fingerprint density at radius 3 is 2.86 bits per heavy atom. The lowest BCUT2D eigenvalue weighted by Gasteiger charge is -2.43. The Balaban J connectivity index is 1.70. The average molecular weight is 393 g/mol. The zero-order valence-electron chi connectivity index (χ0n) is 15.2. The second kappa shape index (κ2) is 6.33. The molecule has 1 fully saturated rings. The smallest absolute Gasteiger partial charge is 0.364 e. The number of morpholine rings is 1. The van der Waals surface area contributed by atoms with E-state index in [1.165, 1.54) is 12.3 Å². The first-order valence-electron chi connectivity index (χ1n) is 8.66. The fourth-order valence-electron chi connectivity index (χ4n) is 3.42. The van der Waals surface area contributed by atoms with Gasteiger partial charge in [0.1, 0.15) is 11.5 Å². The highest BCUT2D eigenvalue weighted by Gasteiger charge is 2.37. The van der Waals surface area contributed by atoms with Crippen LogP contribution in [0.5, 0.6) is 0 Å². The molecule has 148 valence electrons. The molecule has 2 aromatic heterocycles. The molecule has 1 saturated heterocycles. The number of alkyl halides is 3. The maximum atomic E-state index is 13.1. The molecular weight excluding hydrogens is 375 g/mol. The third kappa shape index (κ3) is 3.47. The van der Waals surface area contributed by atoms with Crippen molar-refractivity contribution >= 4 is 17.0 Å². The third-order valence-corrected chi connectivity index (χ3v) is 4.61. The predicted molar refractivity (Wildman–Crippen MR) is 96.1 cm³/mol. The molecule has 0 saturated carbocycles. The summed E-state index contributed by atoms with van der Waals surface area (Å²) in [4.78, 5) is 21.1. The van der Waals surface area contributed by atoms with E-state index in [0.29, 0.717) is 29.1 Å². The number of aromatic nitrogens is 4. The van der Waals surface area contributed by atoms with E-state index < -0.39 is 23.4 Å². The van der Waals surface area contributed by atoms with Crippen LogP contribution in [-0.2, 0) is 10.9 Å². The molecule has 1 aliphatic heterocycles. The zero-order valence-corrected chi connectivity index (χ0v) is 15.2. The summed E-state index contributed by atoms with van der Waals surface area (Å²) in [5, 5.41) is 6.82. The van der Waals surface area contributed by atoms with Gasteiger partial charge in [-0.3, -0.25) is 14.9 Å². The first-order chi connectivity index (χ1) is 13.1. The third-order valence-electron chi connectivity index (χ3n) is 4.61. The molecule has 1 aliphatic rings. The number of halogens is 3. The van der Waals surface area contributed by atoms with Crippen LogP contribution in [-0.4, -0.2) is 38.9 Å². The van der Waals surface area contributed by atoms with Gasteiger partial charge < -0.3 is 9.64 Å². The normalized spacial score (nSPS) is 19.9. The first-order valence-corrected chi connectivity index (χ1v) is 8.66. The molecule has 28 heavy (non-hydrogen) atoms. The monoisotopic (exact) mass is 393 g/mol. The van der Waals surface area contributed by atoms with E-state index in [4.69, 9.17) is 4.74 Å². The molecule has 1 atom stereocenters. The van der Waals surface area contributed by atoms with Gasteiger partial charge in [0.05, 0.1) is 23.9 Å². The van der Waals surface area contributed by atoms with Gasteiger partial charge in [0, 0.05) is 6.54 Å². The van der Waals surface area contributed by atoms with Crippen LogP contribution < -0.4 is 10.5 Å². The molecule has 7 nitrogen and oxygen atoms in total. The van der Waals surface area contributed by atoms with Crippen molar-refractivity contribution in [1.82, 2.24) is 20.2 Å². The topological polar surface area (TPSA) is 86.9 Å². The lowest BCUT2D eigenvalue weighted by Crippen LogP contribution is -2.50. The number of hydrogen-bond donors (Lipinski definition) is 2. The Kier molecular flexibility index (Phi) is 4.18. The number of fused-ring (bicyclic) bond motifs is 1. The van der Waals surface area contributed by atoms with Crippen molar-refractivity contribution in [3.63, 3.8) is 0 Å². The van der Waals surface area contributed by atoms with E-state index in [-0.39, 0.29) is 12.1 Å². The SMILES string of the molecule is CC1(C)CN(c2nc3[nH]ncc3c(=O)[nH]2)CC(c2cccc(C(F)(F)F)c2)O1. The first kappa shape index (κ1) is 18.5. The highest BCUT2D eigenvalue weighted by molar-refractivity contribution is 5.73. The summed E-state index contributed by atoms with van der Waals surface area (Å²) in [7, 11) is 0. The van der Waals surface area contributed by atoms with Gasteiger partial charge in [0.25, 0.3) is 5.56 Å². The summed E-state index contributed by atoms with van der Waals surface area (Å²) in [6.07, 6.45) is -3.66. The van der Waals surface area contributed by atoms with E-state index >= 15 is 0 Å². The number of hydrogen-bond acceptors (Lipinski definition) is 5. The lowest BCUT2D eigenvalue weighted by molar-refractivity contribution is -0.137. The summed E-state index contributed by atoms with van der Waals surface area (Å²) in [5.41, 5.74) is -0.975. The quantitative estimate of drug-likeness (QED) is 0.699. The number of ether oxygens (including phenoxy) is 1. The van der Waals surface area contributed by atoms with Gasteiger partial charge in [0.2, 0.25) is 5.95 Å². The molecule has 3 heterocycles. The molecule has 2 N–H and O–H groups in total. The number of aromatic amines is 2. The predicted octanol–water partition coefficient (Wildman–Crippen LogP) is 3.02. The summed E-state index contributed by atoms with van der Waals surface area (Å²) < 4.78 is 45.3. The molecule has 0 bridgehead atoms. The molecule has 10 heteroatoms. The summed E-state index contributed by atoms with van der Waals surface area (Å²) in [6.45, 7) is 4.33. The maximum absolute atomic E-state index is 13.1. The van der Waals surface area contributed by atoms with Gasteiger partial charge in [-0.1, -0.05) is 12.1 Å². The molecule has 0 spiro atoms. The van der Waals surface area contributed by atoms with Crippen LogP contribution in [0.2, 0.25) is 0 Å². The number of nitrogens with one attached hydrogen (secondary N) is 2. The number of benzene rings is 1. The second-order valence-corrected chi connectivity index (χ2v) is 7.39. The van der Waals surface area contributed by atoms with Gasteiger partial charge in [-0.15, -0.1) is 0 Å². The number of anilines is 1. The van der Waals surface area contributed by atoms with Crippen molar-refractivity contribution in [3.05, 3.63) is 51.9 Å². The lowest BCUT2D eigenvalue weighted by atomic mass is 10.00. The van der Waals surface area contributed by atoms with Gasteiger partial charge in [-0.2, -0.15) is 23.3 Å². The second-order valence-electron chi connectivity index (χ2n) is 7.39. The van der Waals surface area contributed by atoms with Crippen molar-refractivity contribution in [2.24, 2.45) is 0 Å². The summed E-state index contributed by atoms with van der Waals surface area (Å²) >= 11 is 0. The van der Waals surface area contributed by atoms with Crippen LogP contribution in [0.15, 0.2) is 35.3 Å². The summed E-state index contributed by atoms with van der Waals surface area (Å²) in [5.74, 6) is 0.315. The van der Waals surface area contributed by atoms with Gasteiger partial charge in [-0.25, -0.2) is 0 Å². The van der Waals surface area contributed by atoms with Crippen molar-refractivity contribution in [2.75, 3.05) is 18.0 Å². The van der Waals surface area contributed by atoms with E-state index in [2.05, 4.69) is 20.2 Å². The molecule has 4 rings (SSSR count). The van der Waals surface area contributed by atoms with Gasteiger partial charge in [-0.05, 0) is 31.5 Å². The Hall–Kier alpha value is -2.88. The van der Waals surface area contributed by atoms with Crippen molar-refractivity contribution in [2.45, 2.75) is 31.7 Å². The van der Waals surface area contributed by atoms with E-state index in [9.17, 15) is 18.0 Å². The minimum Gasteiger partial charge on any atom is -0.364 e. The molecule has 0 aliphatic carbocycles. The van der Waals surface area contributed by atoms with Crippen LogP contribution in [0.1, 0.15) is 31.1 Å². The highest BCUT2D eigenvalue weighted by atomic mass is 19.4. The van der Waals surface area contributed by atoms with Crippen molar-refractivity contribution in [1.29, 1.82) is 0 Å². The molecule has 0 amide bonds. The molecular formula is C18H18F3N5O2. The van der Waals surface area contributed by atoms with Crippen LogP contribution >= 0.6 is 0 Å². The number of rotatable bonds is 2. The fourth-order valence-corrected chi connectivity index (χ4v) is 3.42. The summed E-state index contributed by atoms with van der Waals surface area (Å²) in [6, 6.07) is 5.09. The fraction of sp³-hybridized carbons (Fsp3) is 0.389. The van der Waals surface area contributed by atoms with Crippen LogP contribution in [0.4, 0.5) is 19.1 Å². The van der Waals surface area contributed by atoms with E-state index in [0.717, 1.165) is 12.1 Å².